The molecule has 0 N–H and O–H groups in total. The van der Waals surface area contributed by atoms with Gasteiger partial charge in [0.25, 0.3) is 5.91 Å². The van der Waals surface area contributed by atoms with Crippen molar-refractivity contribution in [2.45, 2.75) is 51.5 Å². The fourth-order valence-corrected chi connectivity index (χ4v) is 4.77. The van der Waals surface area contributed by atoms with Gasteiger partial charge in [0.1, 0.15) is 18.1 Å². The molecule has 1 unspecified atom stereocenters. The Morgan fingerprint density at radius 2 is 1.87 bits per heavy atom. The summed E-state index contributed by atoms with van der Waals surface area (Å²) < 4.78 is 6.12. The molecule has 154 valence electrons. The number of rotatable bonds is 4. The van der Waals surface area contributed by atoms with Crippen molar-refractivity contribution < 1.29 is 19.1 Å². The molecule has 1 amide bonds. The van der Waals surface area contributed by atoms with Gasteiger partial charge in [0.05, 0.1) is 19.0 Å². The van der Waals surface area contributed by atoms with E-state index in [0.29, 0.717) is 37.3 Å². The van der Waals surface area contributed by atoms with Gasteiger partial charge in [-0.2, -0.15) is 0 Å². The van der Waals surface area contributed by atoms with Gasteiger partial charge in [-0.05, 0) is 42.3 Å². The van der Waals surface area contributed by atoms with Crippen LogP contribution in [0.5, 0.6) is 5.75 Å². The van der Waals surface area contributed by atoms with E-state index >= 15 is 0 Å². The molecular formula is C24H24N2O4. The van der Waals surface area contributed by atoms with Gasteiger partial charge in [-0.1, -0.05) is 24.3 Å². The molecule has 2 aromatic rings. The molecule has 6 heteroatoms. The second-order valence-electron chi connectivity index (χ2n) is 8.52. The lowest BCUT2D eigenvalue weighted by atomic mass is 9.92. The summed E-state index contributed by atoms with van der Waals surface area (Å²) in [7, 11) is 2.11. The maximum Gasteiger partial charge on any atom is 0.255 e. The molecule has 5 rings (SSSR count). The summed E-state index contributed by atoms with van der Waals surface area (Å²) >= 11 is 0. The van der Waals surface area contributed by atoms with E-state index in [1.54, 1.807) is 11.0 Å². The van der Waals surface area contributed by atoms with E-state index in [-0.39, 0.29) is 23.9 Å². The number of nitrogens with zero attached hydrogens (tertiary/aromatic N) is 2. The Kier molecular flexibility index (Phi) is 4.66. The molecule has 3 aliphatic rings. The van der Waals surface area contributed by atoms with Gasteiger partial charge in [-0.3, -0.25) is 19.3 Å². The van der Waals surface area contributed by atoms with Gasteiger partial charge in [0.2, 0.25) is 0 Å². The van der Waals surface area contributed by atoms with Gasteiger partial charge >= 0.3 is 0 Å². The van der Waals surface area contributed by atoms with Crippen LogP contribution in [-0.2, 0) is 35.8 Å². The molecule has 2 aliphatic heterocycles. The first-order valence-corrected chi connectivity index (χ1v) is 10.4. The van der Waals surface area contributed by atoms with E-state index in [1.165, 1.54) is 11.1 Å². The molecule has 6 nitrogen and oxygen atoms in total. The van der Waals surface area contributed by atoms with Crippen LogP contribution in [0, 0.1) is 0 Å². The molecule has 0 aromatic heterocycles. The number of ketones is 2. The smallest absolute Gasteiger partial charge is 0.255 e. The molecule has 0 radical (unpaired) electrons. The Morgan fingerprint density at radius 1 is 1.03 bits per heavy atom. The number of fused-ring (bicyclic) bond motifs is 2. The number of ether oxygens (including phenoxy) is 1. The number of carbonyl (C=O) groups is 3. The van der Waals surface area contributed by atoms with Crippen LogP contribution in [-0.4, -0.2) is 40.4 Å². The first-order chi connectivity index (χ1) is 14.5. The maximum atomic E-state index is 12.9. The number of Topliss-reactive ketones (excluding diaryl/α,β-unsaturated/α-hetero) is 2. The van der Waals surface area contributed by atoms with Crippen molar-refractivity contribution in [1.29, 1.82) is 0 Å². The Bertz CT molecular complexity index is 1060. The van der Waals surface area contributed by atoms with Gasteiger partial charge < -0.3 is 9.64 Å². The van der Waals surface area contributed by atoms with Crippen LogP contribution in [0.4, 0.5) is 0 Å². The highest BCUT2D eigenvalue weighted by Crippen LogP contribution is 2.34. The highest BCUT2D eigenvalue weighted by atomic mass is 16.5. The minimum absolute atomic E-state index is 0.0371. The van der Waals surface area contributed by atoms with E-state index in [1.807, 2.05) is 12.1 Å². The minimum atomic E-state index is -0.510. The topological polar surface area (TPSA) is 66.9 Å². The van der Waals surface area contributed by atoms with Gasteiger partial charge in [-0.15, -0.1) is 0 Å². The summed E-state index contributed by atoms with van der Waals surface area (Å²) in [5.41, 5.74) is 5.21. The first kappa shape index (κ1) is 19.0. The van der Waals surface area contributed by atoms with Crippen molar-refractivity contribution in [2.75, 3.05) is 7.05 Å². The van der Waals surface area contributed by atoms with Crippen molar-refractivity contribution in [3.63, 3.8) is 0 Å². The van der Waals surface area contributed by atoms with Crippen molar-refractivity contribution >= 4 is 17.5 Å². The fourth-order valence-electron chi connectivity index (χ4n) is 4.77. The quantitative estimate of drug-likeness (QED) is 0.733. The molecule has 0 saturated heterocycles. The Labute approximate surface area is 175 Å². The van der Waals surface area contributed by atoms with Gasteiger partial charge in [0, 0.05) is 30.6 Å². The molecular weight excluding hydrogens is 380 g/mol. The third-order valence-electron chi connectivity index (χ3n) is 6.31. The zero-order chi connectivity index (χ0) is 20.8. The summed E-state index contributed by atoms with van der Waals surface area (Å²) in [5.74, 6) is 0.340. The van der Waals surface area contributed by atoms with E-state index < -0.39 is 6.04 Å². The lowest BCUT2D eigenvalue weighted by Gasteiger charge is -2.29. The molecule has 2 heterocycles. The number of benzene rings is 2. The standard InChI is InChI=1S/C24H24N2O4/c1-25-11-16-6-5-15(9-17(16)12-25)14-30-23-4-2-3-19-20(23)13-26(24(19)29)21-8-7-18(27)10-22(21)28/h2-6,9,21H,7-8,10-14H2,1H3. The van der Waals surface area contributed by atoms with Crippen LogP contribution in [0.2, 0.25) is 0 Å². The number of hydrogen-bond donors (Lipinski definition) is 0. The van der Waals surface area contributed by atoms with Crippen molar-refractivity contribution in [3.05, 3.63) is 64.2 Å². The van der Waals surface area contributed by atoms with E-state index in [9.17, 15) is 14.4 Å². The molecule has 2 aromatic carbocycles. The van der Waals surface area contributed by atoms with Crippen LogP contribution in [0.3, 0.4) is 0 Å². The average molecular weight is 404 g/mol. The third-order valence-corrected chi connectivity index (χ3v) is 6.31. The van der Waals surface area contributed by atoms with E-state index in [4.69, 9.17) is 4.74 Å². The first-order valence-electron chi connectivity index (χ1n) is 10.4. The lowest BCUT2D eigenvalue weighted by molar-refractivity contribution is -0.133. The van der Waals surface area contributed by atoms with Gasteiger partial charge in [0.15, 0.2) is 5.78 Å². The van der Waals surface area contributed by atoms with Crippen LogP contribution < -0.4 is 4.74 Å². The van der Waals surface area contributed by atoms with E-state index in [2.05, 4.69) is 30.1 Å². The SMILES string of the molecule is CN1Cc2ccc(COc3cccc4c3CN(C3CCC(=O)CC3=O)C4=O)cc2C1. The average Bonchev–Trinajstić information content (AvgIpc) is 3.25. The van der Waals surface area contributed by atoms with Crippen molar-refractivity contribution in [3.8, 4) is 5.75 Å². The highest BCUT2D eigenvalue weighted by Gasteiger charge is 2.39. The molecule has 0 spiro atoms. The zero-order valence-corrected chi connectivity index (χ0v) is 17.0. The Hall–Kier alpha value is -2.99. The second-order valence-corrected chi connectivity index (χ2v) is 8.52. The second kappa shape index (κ2) is 7.36. The molecule has 1 aliphatic carbocycles. The summed E-state index contributed by atoms with van der Waals surface area (Å²) in [4.78, 5) is 40.7. The molecule has 1 saturated carbocycles. The zero-order valence-electron chi connectivity index (χ0n) is 17.0. The summed E-state index contributed by atoms with van der Waals surface area (Å²) in [6, 6.07) is 11.4. The number of carbonyl (C=O) groups excluding carboxylic acids is 3. The summed E-state index contributed by atoms with van der Waals surface area (Å²) in [6.45, 7) is 2.71. The number of hydrogen-bond acceptors (Lipinski definition) is 5. The van der Waals surface area contributed by atoms with Crippen LogP contribution >= 0.6 is 0 Å². The summed E-state index contributed by atoms with van der Waals surface area (Å²) in [5, 5.41) is 0. The predicted molar refractivity (Wildman–Crippen MR) is 110 cm³/mol. The third kappa shape index (κ3) is 3.31. The Morgan fingerprint density at radius 3 is 2.70 bits per heavy atom. The minimum Gasteiger partial charge on any atom is -0.489 e. The number of amides is 1. The van der Waals surface area contributed by atoms with Crippen LogP contribution in [0.25, 0.3) is 0 Å². The molecule has 1 atom stereocenters. The van der Waals surface area contributed by atoms with Crippen molar-refractivity contribution in [2.24, 2.45) is 0 Å². The molecule has 30 heavy (non-hydrogen) atoms. The highest BCUT2D eigenvalue weighted by molar-refractivity contribution is 6.07. The van der Waals surface area contributed by atoms with E-state index in [0.717, 1.165) is 24.2 Å². The van der Waals surface area contributed by atoms with Crippen LogP contribution in [0.1, 0.15) is 51.9 Å². The maximum absolute atomic E-state index is 12.9. The van der Waals surface area contributed by atoms with Crippen LogP contribution in [0.15, 0.2) is 36.4 Å². The largest absolute Gasteiger partial charge is 0.489 e. The monoisotopic (exact) mass is 404 g/mol. The predicted octanol–water partition coefficient (Wildman–Crippen LogP) is 2.86. The normalized spacial score (nSPS) is 21.2. The summed E-state index contributed by atoms with van der Waals surface area (Å²) in [6.07, 6.45) is 0.701. The lowest BCUT2D eigenvalue weighted by Crippen LogP contribution is -2.44. The Balaban J connectivity index is 1.33. The molecule has 1 fully saturated rings. The molecule has 0 bridgehead atoms. The fraction of sp³-hybridized carbons (Fsp3) is 0.375. The van der Waals surface area contributed by atoms with Gasteiger partial charge in [-0.25, -0.2) is 0 Å². The van der Waals surface area contributed by atoms with Crippen molar-refractivity contribution in [1.82, 2.24) is 9.80 Å².